The van der Waals surface area contributed by atoms with Gasteiger partial charge in [-0.1, -0.05) is 36.4 Å². The van der Waals surface area contributed by atoms with Crippen LogP contribution in [0.15, 0.2) is 87.5 Å². The molecule has 0 unspecified atom stereocenters. The Balaban J connectivity index is 2.16. The quantitative estimate of drug-likeness (QED) is 0.389. The fourth-order valence-electron chi connectivity index (χ4n) is 2.49. The molecular formula is C18H15O3PS3. The predicted octanol–water partition coefficient (Wildman–Crippen LogP) is 5.14. The van der Waals surface area contributed by atoms with Crippen LogP contribution in [0.3, 0.4) is 0 Å². The molecular weight excluding hydrogens is 391 g/mol. The molecule has 0 radical (unpaired) electrons. The number of benzene rings is 3. The topological polar surface area (TPSA) is 60.7 Å². The summed E-state index contributed by atoms with van der Waals surface area (Å²) >= 11 is 2.18. The van der Waals surface area contributed by atoms with E-state index in [1.807, 2.05) is 72.8 Å². The molecule has 3 nitrogen and oxygen atoms in total. The average Bonchev–Trinajstić information content (AvgIpc) is 2.68. The molecule has 0 atom stereocenters. The molecule has 0 aliphatic rings. The molecule has 0 aliphatic carbocycles. The first-order chi connectivity index (χ1) is 12.2. The van der Waals surface area contributed by atoms with Gasteiger partial charge >= 0.3 is 0 Å². The van der Waals surface area contributed by atoms with Crippen molar-refractivity contribution in [3.05, 3.63) is 72.8 Å². The van der Waals surface area contributed by atoms with Gasteiger partial charge in [0, 0.05) is 50.8 Å². The second-order valence-electron chi connectivity index (χ2n) is 5.10. The Labute approximate surface area is 160 Å². The van der Waals surface area contributed by atoms with E-state index >= 15 is 0 Å². The Hall–Kier alpha value is -0.980. The van der Waals surface area contributed by atoms with Crippen molar-refractivity contribution >= 4 is 60.0 Å². The van der Waals surface area contributed by atoms with Crippen molar-refractivity contribution in [1.82, 2.24) is 0 Å². The van der Waals surface area contributed by atoms with Crippen LogP contribution in [-0.4, -0.2) is 13.7 Å². The van der Waals surface area contributed by atoms with E-state index in [9.17, 15) is 13.7 Å². The lowest BCUT2D eigenvalue weighted by atomic mass is 10.3. The Morgan fingerprint density at radius 3 is 1.12 bits per heavy atom. The first-order valence-corrected chi connectivity index (χ1v) is 11.0. The largest absolute Gasteiger partial charge is 0.325 e. The lowest BCUT2D eigenvalue weighted by Gasteiger charge is -2.20. The summed E-state index contributed by atoms with van der Waals surface area (Å²) in [6.45, 7) is 0. The maximum atomic E-state index is 9.40. The maximum absolute atomic E-state index is 9.40. The van der Waals surface area contributed by atoms with E-state index in [0.29, 0.717) is 0 Å². The summed E-state index contributed by atoms with van der Waals surface area (Å²) in [7, 11) is -0.885. The molecule has 25 heavy (non-hydrogen) atoms. The Bertz CT molecular complexity index is 747. The minimum atomic E-state index is -0.885. The van der Waals surface area contributed by atoms with Crippen LogP contribution in [-0.2, 0) is 0 Å². The van der Waals surface area contributed by atoms with Crippen LogP contribution in [0.25, 0.3) is 0 Å². The molecule has 0 fully saturated rings. The van der Waals surface area contributed by atoms with Crippen molar-refractivity contribution in [2.45, 2.75) is 14.7 Å². The molecule has 128 valence electrons. The minimum Gasteiger partial charge on any atom is -0.325 e. The molecule has 0 bridgehead atoms. The van der Waals surface area contributed by atoms with Crippen LogP contribution in [0.4, 0.5) is 0 Å². The molecule has 0 spiro atoms. The zero-order chi connectivity index (χ0) is 17.6. The fraction of sp³-hybridized carbons (Fsp3) is 0. The molecule has 0 heterocycles. The van der Waals surface area contributed by atoms with Crippen LogP contribution < -0.4 is 15.9 Å². The number of hydrogen-bond acceptors (Lipinski definition) is 6. The van der Waals surface area contributed by atoms with Crippen molar-refractivity contribution in [2.24, 2.45) is 0 Å². The van der Waals surface area contributed by atoms with Gasteiger partial charge in [0.05, 0.1) is 0 Å². The van der Waals surface area contributed by atoms with Crippen molar-refractivity contribution < 1.29 is 13.7 Å². The molecule has 3 aromatic rings. The summed E-state index contributed by atoms with van der Waals surface area (Å²) in [5.41, 5.74) is 0. The molecule has 0 saturated heterocycles. The van der Waals surface area contributed by atoms with Crippen LogP contribution in [0.2, 0.25) is 0 Å². The van der Waals surface area contributed by atoms with Gasteiger partial charge < -0.3 is 13.7 Å². The molecule has 0 amide bonds. The Kier molecular flexibility index (Phi) is 6.84. The van der Waals surface area contributed by atoms with Gasteiger partial charge in [-0.3, -0.25) is 0 Å². The summed E-state index contributed by atoms with van der Waals surface area (Å²) in [4.78, 5) is 2.35. The Morgan fingerprint density at radius 2 is 0.840 bits per heavy atom. The lowest BCUT2D eigenvalue weighted by Crippen LogP contribution is -2.21. The van der Waals surface area contributed by atoms with E-state index in [2.05, 4.69) is 0 Å². The monoisotopic (exact) mass is 406 g/mol. The zero-order valence-corrected chi connectivity index (χ0v) is 16.3. The molecule has 3 N–H and O–H groups in total. The van der Waals surface area contributed by atoms with Gasteiger partial charge in [-0.15, -0.1) is 0 Å². The van der Waals surface area contributed by atoms with E-state index in [1.165, 1.54) is 0 Å². The van der Waals surface area contributed by atoms with E-state index in [1.54, 1.807) is 0 Å². The van der Waals surface area contributed by atoms with Gasteiger partial charge in [-0.2, -0.15) is 0 Å². The highest BCUT2D eigenvalue weighted by Crippen LogP contribution is 2.35. The predicted molar refractivity (Wildman–Crippen MR) is 111 cm³/mol. The second kappa shape index (κ2) is 9.10. The summed E-state index contributed by atoms with van der Waals surface area (Å²) in [5, 5.41) is 3.28. The van der Waals surface area contributed by atoms with Gasteiger partial charge in [-0.05, 0) is 60.2 Å². The number of hydrogen-bond donors (Lipinski definition) is 3. The minimum absolute atomic E-state index is 0.728. The first-order valence-electron chi connectivity index (χ1n) is 7.30. The smallest absolute Gasteiger partial charge is 0.0357 e. The third-order valence-electron chi connectivity index (χ3n) is 3.54. The van der Waals surface area contributed by atoms with E-state index in [0.717, 1.165) is 66.7 Å². The normalized spacial score (nSPS) is 11.0. The third-order valence-corrected chi connectivity index (χ3v) is 7.32. The van der Waals surface area contributed by atoms with E-state index in [4.69, 9.17) is 0 Å². The summed E-state index contributed by atoms with van der Waals surface area (Å²) in [6, 6.07) is 23.4. The highest BCUT2D eigenvalue weighted by atomic mass is 32.2. The standard InChI is InChI=1S/C18H15O3PS3/c19-23-16-7-1-4-13(10-16)22(14-5-2-8-17(11-14)24-20)15-6-3-9-18(12-15)25-21/h1-12,19-21H. The van der Waals surface area contributed by atoms with Gasteiger partial charge in [-0.25, -0.2) is 0 Å². The zero-order valence-electron chi connectivity index (χ0n) is 12.9. The molecule has 0 aliphatic heterocycles. The van der Waals surface area contributed by atoms with E-state index < -0.39 is 7.92 Å². The molecule has 0 aromatic heterocycles. The SMILES string of the molecule is OSc1cccc(P(c2cccc(SO)c2)c2cccc(SO)c2)c1. The van der Waals surface area contributed by atoms with Crippen LogP contribution in [0, 0.1) is 0 Å². The summed E-state index contributed by atoms with van der Waals surface area (Å²) in [6.07, 6.45) is 0. The second-order valence-corrected chi connectivity index (χ2v) is 9.28. The van der Waals surface area contributed by atoms with Gasteiger partial charge in [0.1, 0.15) is 0 Å². The lowest BCUT2D eigenvalue weighted by molar-refractivity contribution is 0.663. The van der Waals surface area contributed by atoms with Crippen molar-refractivity contribution in [1.29, 1.82) is 0 Å². The summed E-state index contributed by atoms with van der Waals surface area (Å²) in [5.74, 6) is 0. The Morgan fingerprint density at radius 1 is 0.520 bits per heavy atom. The van der Waals surface area contributed by atoms with Gasteiger partial charge in [0.25, 0.3) is 0 Å². The fourth-order valence-corrected chi connectivity index (χ4v) is 6.11. The molecule has 3 aromatic carbocycles. The third kappa shape index (κ3) is 4.60. The first kappa shape index (κ1) is 18.8. The molecule has 0 saturated carbocycles. The van der Waals surface area contributed by atoms with Crippen molar-refractivity contribution in [3.63, 3.8) is 0 Å². The molecule has 3 rings (SSSR count). The van der Waals surface area contributed by atoms with Crippen molar-refractivity contribution in [2.75, 3.05) is 0 Å². The van der Waals surface area contributed by atoms with Crippen molar-refractivity contribution in [3.8, 4) is 0 Å². The maximum Gasteiger partial charge on any atom is 0.0357 e. The van der Waals surface area contributed by atoms with Crippen LogP contribution >= 0.6 is 44.0 Å². The highest BCUT2D eigenvalue weighted by molar-refractivity contribution is 7.94. The van der Waals surface area contributed by atoms with Gasteiger partial charge in [0.2, 0.25) is 0 Å². The average molecular weight is 406 g/mol. The highest BCUT2D eigenvalue weighted by Gasteiger charge is 2.18. The molecule has 7 heteroatoms. The summed E-state index contributed by atoms with van der Waals surface area (Å²) < 4.78 is 28.2. The van der Waals surface area contributed by atoms with E-state index in [-0.39, 0.29) is 0 Å². The van der Waals surface area contributed by atoms with Gasteiger partial charge in [0.15, 0.2) is 0 Å². The number of rotatable bonds is 6. The van der Waals surface area contributed by atoms with Crippen LogP contribution in [0.5, 0.6) is 0 Å². The van der Waals surface area contributed by atoms with Crippen LogP contribution in [0.1, 0.15) is 0 Å².